The van der Waals surface area contributed by atoms with Crippen molar-refractivity contribution in [1.82, 2.24) is 13.7 Å². The molecule has 19 aromatic rings. The molecular weight excluding hydrogens is 1200 g/mol. The SMILES string of the molecule is [2H]c1c2c3c(c([2H])c1C(C)(C)C)-n1c4c(-c5ccccc5)cccc4c4ccccc4c4ccccc4c4c(-n5c6c([2H])c([2H])c([2H])c([2H])c6c6c([2H])c([2H])c([2H])c([2H])c65)c([2H])c([2H])c(c41)B3c1c([2H])c([2H])c(-c3ccc4oc5ccccc5c4c3)c3c4ccccc4c4ccccc4c4cccc(-c5ccccc5)c4n-2c13. The van der Waals surface area contributed by atoms with Gasteiger partial charge in [0.05, 0.1) is 52.5 Å². The molecule has 0 fully saturated rings. The number of hydrogen-bond acceptors (Lipinski definition) is 1. The van der Waals surface area contributed by atoms with Crippen LogP contribution in [-0.4, -0.2) is 20.4 Å². The molecule has 99 heavy (non-hydrogen) atoms. The zero-order valence-corrected chi connectivity index (χ0v) is 53.8. The van der Waals surface area contributed by atoms with Gasteiger partial charge in [-0.3, -0.25) is 0 Å². The highest BCUT2D eigenvalue weighted by atomic mass is 16.3. The van der Waals surface area contributed by atoms with Crippen LogP contribution in [-0.2, 0) is 5.41 Å². The van der Waals surface area contributed by atoms with Crippen LogP contribution in [0.3, 0.4) is 0 Å². The second-order valence-corrected chi connectivity index (χ2v) is 27.0. The van der Waals surface area contributed by atoms with E-state index in [0.717, 1.165) is 54.4 Å². The molecule has 21 rings (SSSR count). The molecule has 0 amide bonds. The summed E-state index contributed by atoms with van der Waals surface area (Å²) in [6.45, 7) is 4.56. The fourth-order valence-corrected chi connectivity index (χ4v) is 16.4. The third kappa shape index (κ3) is 7.98. The van der Waals surface area contributed by atoms with Gasteiger partial charge in [-0.25, -0.2) is 0 Å². The van der Waals surface area contributed by atoms with Gasteiger partial charge >= 0.3 is 0 Å². The zero-order valence-electron chi connectivity index (χ0n) is 67.8. The Morgan fingerprint density at radius 1 is 0.313 bits per heavy atom. The van der Waals surface area contributed by atoms with E-state index >= 15 is 0 Å². The smallest absolute Gasteiger partial charge is 0.252 e. The van der Waals surface area contributed by atoms with Crippen molar-refractivity contribution in [3.05, 3.63) is 327 Å². The minimum Gasteiger partial charge on any atom is -0.456 e. The summed E-state index contributed by atoms with van der Waals surface area (Å²) in [6.07, 6.45) is 0. The quantitative estimate of drug-likeness (QED) is 0.161. The van der Waals surface area contributed by atoms with Crippen LogP contribution < -0.4 is 16.4 Å². The van der Waals surface area contributed by atoms with Crippen LogP contribution in [0.1, 0.15) is 45.5 Å². The molecule has 0 atom stereocenters. The van der Waals surface area contributed by atoms with Gasteiger partial charge < -0.3 is 18.1 Å². The summed E-state index contributed by atoms with van der Waals surface area (Å²) in [5.74, 6) is 0. The van der Waals surface area contributed by atoms with E-state index in [9.17, 15) is 19.2 Å². The second kappa shape index (κ2) is 21.0. The first kappa shape index (κ1) is 43.6. The van der Waals surface area contributed by atoms with Crippen LogP contribution in [0.4, 0.5) is 0 Å². The van der Waals surface area contributed by atoms with Crippen molar-refractivity contribution in [2.75, 3.05) is 0 Å². The Kier molecular flexibility index (Phi) is 9.26. The first-order valence-corrected chi connectivity index (χ1v) is 33.5. The van der Waals surface area contributed by atoms with Crippen molar-refractivity contribution >= 4 is 154 Å². The van der Waals surface area contributed by atoms with Crippen LogP contribution in [0.5, 0.6) is 0 Å². The van der Waals surface area contributed by atoms with Crippen LogP contribution in [0.2, 0.25) is 0 Å². The standard InChI is InChI=1S/C94H62BN3O/c1-94(2,3)60-55-83-89-84(56-60)98-91-63(58-28-8-5-9-29-58)42-25-44-76(91)69-35-13-11-31-65(69)67-33-15-17-40-74(67)88-82(96-80-45-21-18-36-70(80)71-37-19-22-46-81(71)96)52-51-79(93(88)98)95(89)78-50-49-61(59-48-53-86-77(54-59)72-38-20-23-47-85(72)99-86)87-73-39-16-14-32-66(73)64-30-10-12-34-68(64)75-43-24-41-62(57-26-6-4-7-27-57)90(75)97(83)92(78)87/h4-56H,1-3H3/i18D,19D,21D,22D,36D,37D,45D,46D,49D,50D,51D,52D,55D,56D. The average molecular weight is 1270 g/mol. The molecule has 6 heterocycles. The van der Waals surface area contributed by atoms with Crippen molar-refractivity contribution in [3.63, 3.8) is 0 Å². The number of hydrogen-bond donors (Lipinski definition) is 0. The van der Waals surface area contributed by atoms with E-state index in [2.05, 4.69) is 53.1 Å². The summed E-state index contributed by atoms with van der Waals surface area (Å²) in [7, 11) is 0. The Bertz CT molecular complexity index is 7710. The molecule has 15 aromatic carbocycles. The Labute approximate surface area is 591 Å². The topological polar surface area (TPSA) is 27.9 Å². The van der Waals surface area contributed by atoms with Crippen LogP contribution in [0, 0.1) is 0 Å². The molecule has 4 nitrogen and oxygen atoms in total. The van der Waals surface area contributed by atoms with Gasteiger partial charge in [-0.2, -0.15) is 0 Å². The maximum Gasteiger partial charge on any atom is 0.252 e. The highest BCUT2D eigenvalue weighted by molar-refractivity contribution is 7.00. The fourth-order valence-electron chi connectivity index (χ4n) is 16.4. The van der Waals surface area contributed by atoms with Gasteiger partial charge in [0.2, 0.25) is 0 Å². The minimum atomic E-state index is -1.45. The number of aromatic nitrogens is 3. The molecule has 5 heteroatoms. The summed E-state index contributed by atoms with van der Waals surface area (Å²) in [4.78, 5) is 0. The van der Waals surface area contributed by atoms with E-state index in [4.69, 9.17) is 4.42 Å². The van der Waals surface area contributed by atoms with Gasteiger partial charge in [-0.05, 0) is 141 Å². The van der Waals surface area contributed by atoms with Gasteiger partial charge in [0.1, 0.15) is 11.2 Å². The summed E-state index contributed by atoms with van der Waals surface area (Å²) >= 11 is 0. The number of nitrogens with zero attached hydrogens (tertiary/aromatic N) is 3. The number of benzene rings is 15. The monoisotopic (exact) mass is 1270 g/mol. The lowest BCUT2D eigenvalue weighted by Crippen LogP contribution is -2.60. The molecule has 2 aliphatic heterocycles. The Morgan fingerprint density at radius 2 is 0.747 bits per heavy atom. The van der Waals surface area contributed by atoms with Crippen molar-refractivity contribution in [1.29, 1.82) is 0 Å². The van der Waals surface area contributed by atoms with Gasteiger partial charge in [0.15, 0.2) is 0 Å². The molecule has 2 aliphatic rings. The Morgan fingerprint density at radius 3 is 1.29 bits per heavy atom. The molecule has 4 aromatic heterocycles. The third-order valence-electron chi connectivity index (χ3n) is 20.6. The molecule has 0 aliphatic carbocycles. The largest absolute Gasteiger partial charge is 0.456 e. The Balaban J connectivity index is 1.14. The molecule has 0 spiro atoms. The first-order valence-electron chi connectivity index (χ1n) is 40.5. The number of para-hydroxylation sites is 5. The normalized spacial score (nSPS) is 14.6. The van der Waals surface area contributed by atoms with Crippen LogP contribution >= 0.6 is 0 Å². The van der Waals surface area contributed by atoms with Crippen molar-refractivity contribution in [2.45, 2.75) is 26.2 Å². The second-order valence-electron chi connectivity index (χ2n) is 27.0. The van der Waals surface area contributed by atoms with E-state index in [1.165, 1.54) is 4.57 Å². The summed E-state index contributed by atoms with van der Waals surface area (Å²) in [5.41, 5.74) is 6.82. The van der Waals surface area contributed by atoms with Crippen molar-refractivity contribution in [3.8, 4) is 50.4 Å². The highest BCUT2D eigenvalue weighted by Crippen LogP contribution is 2.48. The highest BCUT2D eigenvalue weighted by Gasteiger charge is 2.42. The molecule has 0 unspecified atom stereocenters. The molecule has 0 saturated carbocycles. The number of rotatable bonds is 4. The van der Waals surface area contributed by atoms with Crippen molar-refractivity contribution < 1.29 is 23.6 Å². The average Bonchev–Trinajstić information content (AvgIpc) is 1.58. The van der Waals surface area contributed by atoms with Gasteiger partial charge in [0.25, 0.3) is 6.71 Å². The predicted molar refractivity (Wildman–Crippen MR) is 422 cm³/mol. The summed E-state index contributed by atoms with van der Waals surface area (Å²) in [6, 6.07) is 71.4. The maximum atomic E-state index is 11.8. The van der Waals surface area contributed by atoms with E-state index < -0.39 is 72.6 Å². The van der Waals surface area contributed by atoms with Crippen molar-refractivity contribution in [2.24, 2.45) is 0 Å². The van der Waals surface area contributed by atoms with E-state index in [1.807, 2.05) is 213 Å². The van der Waals surface area contributed by atoms with Crippen LogP contribution in [0.25, 0.3) is 181 Å². The van der Waals surface area contributed by atoms with E-state index in [1.54, 1.807) is 0 Å². The summed E-state index contributed by atoms with van der Waals surface area (Å²) in [5, 5.41) is 8.97. The molecule has 0 saturated heterocycles. The summed E-state index contributed by atoms with van der Waals surface area (Å²) < 4.78 is 159. The molecule has 0 radical (unpaired) electrons. The van der Waals surface area contributed by atoms with Gasteiger partial charge in [-0.1, -0.05) is 294 Å². The lowest BCUT2D eigenvalue weighted by molar-refractivity contribution is 0.589. The fraction of sp³-hybridized carbons (Fsp3) is 0.0426. The third-order valence-corrected chi connectivity index (χ3v) is 20.6. The molecular formula is C94H62BN3O. The van der Waals surface area contributed by atoms with Gasteiger partial charge in [0, 0.05) is 71.1 Å². The van der Waals surface area contributed by atoms with E-state index in [-0.39, 0.29) is 79.2 Å². The predicted octanol–water partition coefficient (Wildman–Crippen LogP) is 23.2. The van der Waals surface area contributed by atoms with E-state index in [0.29, 0.717) is 93.4 Å². The number of fused-ring (bicyclic) bond motifs is 24. The lowest BCUT2D eigenvalue weighted by Gasteiger charge is -2.38. The van der Waals surface area contributed by atoms with Crippen LogP contribution in [0.15, 0.2) is 326 Å². The number of furan rings is 1. The molecule has 0 N–H and O–H groups in total. The lowest BCUT2D eigenvalue weighted by atomic mass is 9.34. The Hall–Kier alpha value is -12.4. The molecule has 462 valence electrons. The first-order chi connectivity index (χ1) is 54.7. The minimum absolute atomic E-state index is 0.0187. The molecule has 0 bridgehead atoms. The van der Waals surface area contributed by atoms with Gasteiger partial charge in [-0.15, -0.1) is 0 Å². The zero-order chi connectivity index (χ0) is 77.5. The maximum absolute atomic E-state index is 11.8.